The Bertz CT molecular complexity index is 1280. The highest BCUT2D eigenvalue weighted by Crippen LogP contribution is 2.41. The van der Waals surface area contributed by atoms with E-state index in [9.17, 15) is 14.7 Å². The van der Waals surface area contributed by atoms with E-state index in [-0.39, 0.29) is 11.3 Å². The van der Waals surface area contributed by atoms with Gasteiger partial charge in [-0.2, -0.15) is 0 Å². The molecular formula is C27H27N3O6. The molecule has 1 fully saturated rings. The molecule has 3 heterocycles. The van der Waals surface area contributed by atoms with Crippen LogP contribution >= 0.6 is 0 Å². The van der Waals surface area contributed by atoms with E-state index in [4.69, 9.17) is 14.2 Å². The lowest BCUT2D eigenvalue weighted by atomic mass is 9.95. The first-order chi connectivity index (χ1) is 17.6. The molecule has 186 valence electrons. The monoisotopic (exact) mass is 489 g/mol. The fourth-order valence-corrected chi connectivity index (χ4v) is 4.56. The molecule has 0 radical (unpaired) electrons. The van der Waals surface area contributed by atoms with Crippen molar-refractivity contribution in [1.29, 1.82) is 0 Å². The van der Waals surface area contributed by atoms with Gasteiger partial charge < -0.3 is 28.8 Å². The molecule has 1 atom stereocenters. The molecule has 1 saturated heterocycles. The number of ketones is 1. The molecule has 5 rings (SSSR count). The zero-order valence-corrected chi connectivity index (χ0v) is 19.9. The fourth-order valence-electron chi connectivity index (χ4n) is 4.56. The summed E-state index contributed by atoms with van der Waals surface area (Å²) in [5.74, 6) is 0.132. The number of aryl methyl sites for hydroxylation is 1. The minimum Gasteiger partial charge on any atom is -0.507 e. The van der Waals surface area contributed by atoms with Crippen LogP contribution in [0, 0.1) is 0 Å². The number of rotatable bonds is 8. The first-order valence-electron chi connectivity index (χ1n) is 11.9. The first kappa shape index (κ1) is 23.5. The number of benzene rings is 2. The van der Waals surface area contributed by atoms with Crippen molar-refractivity contribution in [2.75, 3.05) is 26.4 Å². The number of likely N-dealkylation sites (tertiary alicyclic amines) is 1. The van der Waals surface area contributed by atoms with Crippen molar-refractivity contribution < 1.29 is 28.9 Å². The minimum atomic E-state index is -0.739. The molecule has 2 aliphatic heterocycles. The van der Waals surface area contributed by atoms with Crippen LogP contribution < -0.4 is 14.2 Å². The quantitative estimate of drug-likeness (QED) is 0.293. The summed E-state index contributed by atoms with van der Waals surface area (Å²) in [6.45, 7) is 4.23. The number of hydrogen-bond donors (Lipinski definition) is 1. The van der Waals surface area contributed by atoms with E-state index in [0.717, 1.165) is 0 Å². The number of imidazole rings is 1. The molecule has 0 spiro atoms. The predicted molar refractivity (Wildman–Crippen MR) is 131 cm³/mol. The third-order valence-electron chi connectivity index (χ3n) is 6.24. The second-order valence-electron chi connectivity index (χ2n) is 8.51. The molecule has 9 nitrogen and oxygen atoms in total. The van der Waals surface area contributed by atoms with Gasteiger partial charge in [-0.15, -0.1) is 0 Å². The summed E-state index contributed by atoms with van der Waals surface area (Å²) in [5.41, 5.74) is 1.13. The Morgan fingerprint density at radius 2 is 1.86 bits per heavy atom. The van der Waals surface area contributed by atoms with Crippen LogP contribution in [0.4, 0.5) is 0 Å². The molecule has 1 amide bonds. The van der Waals surface area contributed by atoms with Crippen LogP contribution in [0.15, 0.2) is 66.8 Å². The third-order valence-corrected chi connectivity index (χ3v) is 6.24. The Labute approximate surface area is 208 Å². The standard InChI is InChI=1S/C27H27N3O6/c1-2-34-20-7-4-18(5-8-20)24-23(25(31)19-6-9-21-22(16-19)36-15-14-35-21)26(32)27(33)30(24)12-3-11-29-13-10-28-17-29/h4-10,13,16-17,24,31H,2-3,11-12,14-15H2,1H3/t24-/m0/s1. The maximum absolute atomic E-state index is 13.3. The summed E-state index contributed by atoms with van der Waals surface area (Å²) in [6, 6.07) is 11.5. The van der Waals surface area contributed by atoms with Gasteiger partial charge in [0.1, 0.15) is 24.7 Å². The van der Waals surface area contributed by atoms with Crippen LogP contribution in [0.5, 0.6) is 17.2 Å². The summed E-state index contributed by atoms with van der Waals surface area (Å²) < 4.78 is 18.7. The van der Waals surface area contributed by atoms with E-state index in [1.165, 1.54) is 4.90 Å². The van der Waals surface area contributed by atoms with Crippen molar-refractivity contribution >= 4 is 17.4 Å². The Balaban J connectivity index is 1.52. The molecule has 36 heavy (non-hydrogen) atoms. The lowest BCUT2D eigenvalue weighted by Gasteiger charge is -2.26. The lowest BCUT2D eigenvalue weighted by Crippen LogP contribution is -2.31. The van der Waals surface area contributed by atoms with Crippen molar-refractivity contribution in [3.8, 4) is 17.2 Å². The van der Waals surface area contributed by atoms with Crippen molar-refractivity contribution in [1.82, 2.24) is 14.5 Å². The lowest BCUT2D eigenvalue weighted by molar-refractivity contribution is -0.139. The number of Topliss-reactive ketones (excluding diaryl/α,β-unsaturated/α-hetero) is 1. The van der Waals surface area contributed by atoms with Gasteiger partial charge in [-0.1, -0.05) is 12.1 Å². The van der Waals surface area contributed by atoms with E-state index in [1.54, 1.807) is 42.9 Å². The number of aliphatic hydroxyl groups is 1. The number of nitrogens with zero attached hydrogens (tertiary/aromatic N) is 3. The number of amides is 1. The summed E-state index contributed by atoms with van der Waals surface area (Å²) >= 11 is 0. The highest BCUT2D eigenvalue weighted by Gasteiger charge is 2.45. The summed E-state index contributed by atoms with van der Waals surface area (Å²) in [4.78, 5) is 32.0. The van der Waals surface area contributed by atoms with Gasteiger partial charge in [0, 0.05) is 31.0 Å². The average Bonchev–Trinajstić information content (AvgIpc) is 3.51. The zero-order chi connectivity index (χ0) is 25.1. The average molecular weight is 490 g/mol. The van der Waals surface area contributed by atoms with Gasteiger partial charge in [0.25, 0.3) is 11.7 Å². The van der Waals surface area contributed by atoms with E-state index >= 15 is 0 Å². The van der Waals surface area contributed by atoms with E-state index < -0.39 is 17.7 Å². The van der Waals surface area contributed by atoms with Gasteiger partial charge in [-0.3, -0.25) is 9.59 Å². The number of carbonyl (C=O) groups is 2. The van der Waals surface area contributed by atoms with Gasteiger partial charge in [0.05, 0.1) is 24.5 Å². The van der Waals surface area contributed by atoms with Gasteiger partial charge >= 0.3 is 0 Å². The second kappa shape index (κ2) is 10.2. The molecule has 0 unspecified atom stereocenters. The van der Waals surface area contributed by atoms with Crippen LogP contribution in [0.25, 0.3) is 5.76 Å². The topological polar surface area (TPSA) is 103 Å². The van der Waals surface area contributed by atoms with Crippen LogP contribution in [-0.4, -0.2) is 57.6 Å². The van der Waals surface area contributed by atoms with Crippen LogP contribution in [0.2, 0.25) is 0 Å². The smallest absolute Gasteiger partial charge is 0.295 e. The Morgan fingerprint density at radius 3 is 2.58 bits per heavy atom. The number of ether oxygens (including phenoxy) is 3. The summed E-state index contributed by atoms with van der Waals surface area (Å²) in [6.07, 6.45) is 5.86. The summed E-state index contributed by atoms with van der Waals surface area (Å²) in [5, 5.41) is 11.3. The Kier molecular flexibility index (Phi) is 6.62. The second-order valence-corrected chi connectivity index (χ2v) is 8.51. The molecule has 1 aromatic heterocycles. The van der Waals surface area contributed by atoms with Crippen LogP contribution in [0.3, 0.4) is 0 Å². The Hall–Kier alpha value is -4.27. The molecular weight excluding hydrogens is 462 g/mol. The summed E-state index contributed by atoms with van der Waals surface area (Å²) in [7, 11) is 0. The molecule has 3 aromatic rings. The molecule has 2 aliphatic rings. The normalized spacial score (nSPS) is 18.5. The largest absolute Gasteiger partial charge is 0.507 e. The minimum absolute atomic E-state index is 0.0449. The van der Waals surface area contributed by atoms with E-state index in [2.05, 4.69) is 4.98 Å². The number of aliphatic hydroxyl groups excluding tert-OH is 1. The first-order valence-corrected chi connectivity index (χ1v) is 11.9. The number of hydrogen-bond acceptors (Lipinski definition) is 7. The van der Waals surface area contributed by atoms with E-state index in [1.807, 2.05) is 29.8 Å². The van der Waals surface area contributed by atoms with Crippen molar-refractivity contribution in [3.05, 3.63) is 77.9 Å². The van der Waals surface area contributed by atoms with Crippen LogP contribution in [0.1, 0.15) is 30.5 Å². The van der Waals surface area contributed by atoms with Crippen LogP contribution in [-0.2, 0) is 16.1 Å². The molecule has 2 aromatic carbocycles. The highest BCUT2D eigenvalue weighted by molar-refractivity contribution is 6.46. The third kappa shape index (κ3) is 4.51. The van der Waals surface area contributed by atoms with E-state index in [0.29, 0.717) is 67.7 Å². The van der Waals surface area contributed by atoms with Gasteiger partial charge in [-0.25, -0.2) is 4.98 Å². The molecule has 0 aliphatic carbocycles. The van der Waals surface area contributed by atoms with Crippen molar-refractivity contribution in [3.63, 3.8) is 0 Å². The molecule has 1 N–H and O–H groups in total. The Morgan fingerprint density at radius 1 is 1.08 bits per heavy atom. The number of fused-ring (bicyclic) bond motifs is 1. The highest BCUT2D eigenvalue weighted by atomic mass is 16.6. The zero-order valence-electron chi connectivity index (χ0n) is 19.9. The SMILES string of the molecule is CCOc1ccc([C@H]2C(=C(O)c3ccc4c(c3)OCCO4)C(=O)C(=O)N2CCCn2ccnc2)cc1. The van der Waals surface area contributed by atoms with Gasteiger partial charge in [0.2, 0.25) is 0 Å². The number of aromatic nitrogens is 2. The maximum Gasteiger partial charge on any atom is 0.295 e. The molecule has 0 saturated carbocycles. The molecule has 9 heteroatoms. The fraction of sp³-hybridized carbons (Fsp3) is 0.296. The van der Waals surface area contributed by atoms with Crippen molar-refractivity contribution in [2.24, 2.45) is 0 Å². The maximum atomic E-state index is 13.3. The predicted octanol–water partition coefficient (Wildman–Crippen LogP) is 3.57. The van der Waals surface area contributed by atoms with Gasteiger partial charge in [-0.05, 0) is 49.2 Å². The number of carbonyl (C=O) groups excluding carboxylic acids is 2. The molecule has 0 bridgehead atoms. The van der Waals surface area contributed by atoms with Crippen molar-refractivity contribution in [2.45, 2.75) is 25.9 Å². The van der Waals surface area contributed by atoms with Gasteiger partial charge in [0.15, 0.2) is 11.5 Å².